The van der Waals surface area contributed by atoms with Gasteiger partial charge < -0.3 is 14.6 Å². The van der Waals surface area contributed by atoms with E-state index >= 15 is 0 Å². The van der Waals surface area contributed by atoms with Gasteiger partial charge in [-0.25, -0.2) is 5.43 Å². The predicted molar refractivity (Wildman–Crippen MR) is 75.4 cm³/mol. The first-order chi connectivity index (χ1) is 10.4. The van der Waals surface area contributed by atoms with Crippen molar-refractivity contribution in [2.75, 3.05) is 13.2 Å². The number of rotatable bonds is 5. The molecule has 0 radical (unpaired) electrons. The molecule has 1 fully saturated rings. The largest absolute Gasteiger partial charge is 0.502 e. The monoisotopic (exact) mass is 309 g/mol. The number of hydrogen-bond donors (Lipinski definition) is 2. The maximum atomic E-state index is 11.7. The fourth-order valence-electron chi connectivity index (χ4n) is 1.94. The molecule has 0 saturated carbocycles. The molecule has 0 bridgehead atoms. The Labute approximate surface area is 125 Å². The number of nitro benzene ring substituents is 1. The molecule has 0 aromatic heterocycles. The van der Waals surface area contributed by atoms with Gasteiger partial charge in [-0.05, 0) is 19.1 Å². The molecular weight excluding hydrogens is 294 g/mol. The zero-order valence-corrected chi connectivity index (χ0v) is 11.8. The Hall–Kier alpha value is -2.52. The number of carbonyl (C=O) groups is 1. The van der Waals surface area contributed by atoms with E-state index < -0.39 is 28.1 Å². The highest BCUT2D eigenvalue weighted by Crippen LogP contribution is 2.25. The molecule has 1 aromatic carbocycles. The number of nitrogens with one attached hydrogen (secondary N) is 1. The van der Waals surface area contributed by atoms with E-state index in [1.807, 2.05) is 0 Å². The lowest BCUT2D eigenvalue weighted by atomic mass is 10.2. The Bertz CT molecular complexity index is 610. The van der Waals surface area contributed by atoms with Gasteiger partial charge in [0.1, 0.15) is 0 Å². The van der Waals surface area contributed by atoms with Crippen LogP contribution in [0, 0.1) is 10.1 Å². The number of phenols is 1. The van der Waals surface area contributed by atoms with Gasteiger partial charge in [0, 0.05) is 11.6 Å². The predicted octanol–water partition coefficient (Wildman–Crippen LogP) is 0.904. The molecule has 0 aliphatic carbocycles. The SMILES string of the molecule is CC1(CC(=O)NN=Cc2ccc(O)c([N+](=O)[O-])c2)OCCO1. The van der Waals surface area contributed by atoms with Crippen LogP contribution in [0.5, 0.6) is 5.75 Å². The summed E-state index contributed by atoms with van der Waals surface area (Å²) in [6.07, 6.45) is 1.23. The van der Waals surface area contributed by atoms with E-state index in [2.05, 4.69) is 10.5 Å². The summed E-state index contributed by atoms with van der Waals surface area (Å²) >= 11 is 0. The molecule has 1 aliphatic heterocycles. The maximum Gasteiger partial charge on any atom is 0.311 e. The van der Waals surface area contributed by atoms with Gasteiger partial charge in [0.15, 0.2) is 11.5 Å². The van der Waals surface area contributed by atoms with Gasteiger partial charge in [-0.2, -0.15) is 5.10 Å². The van der Waals surface area contributed by atoms with Crippen LogP contribution in [0.3, 0.4) is 0 Å². The van der Waals surface area contributed by atoms with Crippen LogP contribution in [0.2, 0.25) is 0 Å². The van der Waals surface area contributed by atoms with E-state index in [4.69, 9.17) is 9.47 Å². The lowest BCUT2D eigenvalue weighted by Gasteiger charge is -2.20. The normalized spacial score (nSPS) is 16.8. The van der Waals surface area contributed by atoms with Crippen LogP contribution in [-0.4, -0.2) is 41.2 Å². The maximum absolute atomic E-state index is 11.7. The van der Waals surface area contributed by atoms with Gasteiger partial charge >= 0.3 is 5.69 Å². The smallest absolute Gasteiger partial charge is 0.311 e. The first-order valence-electron chi connectivity index (χ1n) is 6.47. The van der Waals surface area contributed by atoms with E-state index in [1.54, 1.807) is 6.92 Å². The number of nitro groups is 1. The lowest BCUT2D eigenvalue weighted by molar-refractivity contribution is -0.385. The zero-order valence-electron chi connectivity index (χ0n) is 11.8. The van der Waals surface area contributed by atoms with Crippen molar-refractivity contribution in [1.29, 1.82) is 0 Å². The van der Waals surface area contributed by atoms with Gasteiger partial charge in [-0.3, -0.25) is 14.9 Å². The Balaban J connectivity index is 1.93. The molecule has 118 valence electrons. The molecule has 22 heavy (non-hydrogen) atoms. The average molecular weight is 309 g/mol. The Morgan fingerprint density at radius 1 is 1.55 bits per heavy atom. The molecule has 9 nitrogen and oxygen atoms in total. The lowest BCUT2D eigenvalue weighted by Crippen LogP contribution is -2.33. The van der Waals surface area contributed by atoms with Crippen LogP contribution in [-0.2, 0) is 14.3 Å². The third-order valence-electron chi connectivity index (χ3n) is 2.98. The molecule has 2 rings (SSSR count). The number of hydrogen-bond acceptors (Lipinski definition) is 7. The number of ether oxygens (including phenoxy) is 2. The van der Waals surface area contributed by atoms with Crippen molar-refractivity contribution < 1.29 is 24.3 Å². The molecule has 9 heteroatoms. The molecule has 1 aliphatic rings. The van der Waals surface area contributed by atoms with Crippen LogP contribution in [0.4, 0.5) is 5.69 Å². The van der Waals surface area contributed by atoms with E-state index in [0.29, 0.717) is 18.8 Å². The summed E-state index contributed by atoms with van der Waals surface area (Å²) in [6.45, 7) is 2.53. The summed E-state index contributed by atoms with van der Waals surface area (Å²) in [5, 5.41) is 23.7. The van der Waals surface area contributed by atoms with Crippen molar-refractivity contribution in [3.05, 3.63) is 33.9 Å². The fourth-order valence-corrected chi connectivity index (χ4v) is 1.94. The minimum Gasteiger partial charge on any atom is -0.502 e. The Morgan fingerprint density at radius 2 is 2.23 bits per heavy atom. The van der Waals surface area contributed by atoms with Crippen molar-refractivity contribution in [3.63, 3.8) is 0 Å². The molecule has 1 amide bonds. The minimum atomic E-state index is -0.947. The molecule has 1 saturated heterocycles. The molecule has 1 aromatic rings. The van der Waals surface area contributed by atoms with Crippen molar-refractivity contribution in [2.24, 2.45) is 5.10 Å². The number of benzene rings is 1. The molecule has 1 heterocycles. The number of nitrogens with zero attached hydrogens (tertiary/aromatic N) is 2. The summed E-state index contributed by atoms with van der Waals surface area (Å²) in [7, 11) is 0. The van der Waals surface area contributed by atoms with Crippen LogP contribution in [0.15, 0.2) is 23.3 Å². The van der Waals surface area contributed by atoms with E-state index in [-0.39, 0.29) is 6.42 Å². The molecule has 0 atom stereocenters. The van der Waals surface area contributed by atoms with Crippen LogP contribution >= 0.6 is 0 Å². The van der Waals surface area contributed by atoms with Crippen molar-refractivity contribution in [3.8, 4) is 5.75 Å². The average Bonchev–Trinajstić information content (AvgIpc) is 2.86. The molecule has 2 N–H and O–H groups in total. The topological polar surface area (TPSA) is 123 Å². The van der Waals surface area contributed by atoms with Gasteiger partial charge in [-0.15, -0.1) is 0 Å². The van der Waals surface area contributed by atoms with Crippen molar-refractivity contribution in [1.82, 2.24) is 5.43 Å². The zero-order chi connectivity index (χ0) is 16.2. The van der Waals surface area contributed by atoms with E-state index in [1.165, 1.54) is 18.3 Å². The van der Waals surface area contributed by atoms with E-state index in [0.717, 1.165) is 6.07 Å². The van der Waals surface area contributed by atoms with Crippen molar-refractivity contribution >= 4 is 17.8 Å². The first-order valence-corrected chi connectivity index (χ1v) is 6.47. The highest BCUT2D eigenvalue weighted by atomic mass is 16.7. The fraction of sp³-hybridized carbons (Fsp3) is 0.385. The van der Waals surface area contributed by atoms with Gasteiger partial charge in [0.25, 0.3) is 0 Å². The van der Waals surface area contributed by atoms with Crippen LogP contribution < -0.4 is 5.43 Å². The second kappa shape index (κ2) is 6.50. The quantitative estimate of drug-likeness (QED) is 0.473. The van der Waals surface area contributed by atoms with E-state index in [9.17, 15) is 20.0 Å². The number of carbonyl (C=O) groups excluding carboxylic acids is 1. The first kappa shape index (κ1) is 15.9. The molecule has 0 unspecified atom stereocenters. The molecule has 0 spiro atoms. The van der Waals surface area contributed by atoms with Gasteiger partial charge in [0.05, 0.1) is 30.8 Å². The summed E-state index contributed by atoms with van der Waals surface area (Å²) in [5.74, 6) is -1.79. The summed E-state index contributed by atoms with van der Waals surface area (Å²) in [6, 6.07) is 3.76. The number of aromatic hydroxyl groups is 1. The highest BCUT2D eigenvalue weighted by molar-refractivity contribution is 5.83. The van der Waals surface area contributed by atoms with Crippen LogP contribution in [0.1, 0.15) is 18.9 Å². The minimum absolute atomic E-state index is 0.0138. The summed E-state index contributed by atoms with van der Waals surface area (Å²) < 4.78 is 10.6. The third-order valence-corrected chi connectivity index (χ3v) is 2.98. The molecular formula is C13H15N3O6. The Kier molecular flexibility index (Phi) is 4.68. The summed E-state index contributed by atoms with van der Waals surface area (Å²) in [5.41, 5.74) is 2.22. The standard InChI is InChI=1S/C13H15N3O6/c1-13(21-4-5-22-13)7-12(18)15-14-8-9-2-3-11(17)10(6-9)16(19)20/h2-3,6,8,17H,4-5,7H2,1H3,(H,15,18). The van der Waals surface area contributed by atoms with Gasteiger partial charge in [0.2, 0.25) is 5.91 Å². The van der Waals surface area contributed by atoms with Gasteiger partial charge in [-0.1, -0.05) is 0 Å². The van der Waals surface area contributed by atoms with Crippen LogP contribution in [0.25, 0.3) is 0 Å². The number of amides is 1. The van der Waals surface area contributed by atoms with Crippen molar-refractivity contribution in [2.45, 2.75) is 19.1 Å². The number of phenolic OH excluding ortho intramolecular Hbond substituents is 1. The number of hydrazone groups is 1. The Morgan fingerprint density at radius 3 is 2.86 bits per heavy atom. The summed E-state index contributed by atoms with van der Waals surface area (Å²) in [4.78, 5) is 21.7. The second-order valence-corrected chi connectivity index (χ2v) is 4.81. The third kappa shape index (κ3) is 3.99. The highest BCUT2D eigenvalue weighted by Gasteiger charge is 2.33. The second-order valence-electron chi connectivity index (χ2n) is 4.81.